The molecule has 0 aliphatic heterocycles. The van der Waals surface area contributed by atoms with Gasteiger partial charge in [-0.05, 0) is 12.1 Å². The van der Waals surface area contributed by atoms with Crippen LogP contribution in [0.25, 0.3) is 22.1 Å². The molecule has 3 aromatic rings. The van der Waals surface area contributed by atoms with Gasteiger partial charge in [-0.1, -0.05) is 0 Å². The van der Waals surface area contributed by atoms with Crippen molar-refractivity contribution in [1.82, 2.24) is 24.5 Å². The second kappa shape index (κ2) is 2.47. The Bertz CT molecular complexity index is 660. The average molecular weight is 203 g/mol. The van der Waals surface area contributed by atoms with E-state index in [4.69, 9.17) is 0 Å². The second-order valence-electron chi connectivity index (χ2n) is 3.55. The van der Waals surface area contributed by atoms with Crippen molar-refractivity contribution in [3.8, 4) is 0 Å². The lowest BCUT2D eigenvalue weighted by Crippen LogP contribution is -2.19. The van der Waals surface area contributed by atoms with E-state index in [-0.39, 0.29) is 5.69 Å². The first kappa shape index (κ1) is 8.22. The van der Waals surface area contributed by atoms with Crippen molar-refractivity contribution in [3.63, 3.8) is 0 Å². The van der Waals surface area contributed by atoms with Crippen molar-refractivity contribution in [2.75, 3.05) is 0 Å². The molecule has 0 bridgehead atoms. The fourth-order valence-electron chi connectivity index (χ4n) is 1.83. The first-order valence-electron chi connectivity index (χ1n) is 4.54. The van der Waals surface area contributed by atoms with Gasteiger partial charge in [-0.25, -0.2) is 4.79 Å². The van der Waals surface area contributed by atoms with Crippen LogP contribution >= 0.6 is 0 Å². The van der Waals surface area contributed by atoms with Gasteiger partial charge in [0, 0.05) is 14.1 Å². The zero-order chi connectivity index (χ0) is 10.6. The minimum absolute atomic E-state index is 0.0402. The number of benzene rings is 1. The molecule has 0 unspecified atom stereocenters. The third-order valence-electron chi connectivity index (χ3n) is 2.71. The zero-order valence-electron chi connectivity index (χ0n) is 8.35. The first-order chi connectivity index (χ1) is 7.18. The number of nitrogens with one attached hydrogen (secondary N) is 1. The number of rotatable bonds is 0. The zero-order valence-corrected chi connectivity index (χ0v) is 8.35. The molecular weight excluding hydrogens is 194 g/mol. The number of aromatic amines is 1. The van der Waals surface area contributed by atoms with Gasteiger partial charge in [0.15, 0.2) is 0 Å². The molecule has 0 spiro atoms. The molecular formula is C9H9N5O. The Morgan fingerprint density at radius 2 is 1.53 bits per heavy atom. The SMILES string of the molecule is Cn1c(=O)n(C)c2cc3n[nH]nc3cc21. The van der Waals surface area contributed by atoms with Gasteiger partial charge in [0.05, 0.1) is 11.0 Å². The van der Waals surface area contributed by atoms with Crippen LogP contribution in [0.1, 0.15) is 0 Å². The van der Waals surface area contributed by atoms with Crippen LogP contribution in [0, 0.1) is 0 Å². The van der Waals surface area contributed by atoms with Gasteiger partial charge in [-0.3, -0.25) is 9.13 Å². The van der Waals surface area contributed by atoms with E-state index in [0.717, 1.165) is 22.1 Å². The van der Waals surface area contributed by atoms with Gasteiger partial charge in [0.1, 0.15) is 11.0 Å². The molecule has 0 aliphatic carbocycles. The normalized spacial score (nSPS) is 11.6. The largest absolute Gasteiger partial charge is 0.328 e. The highest BCUT2D eigenvalue weighted by Gasteiger charge is 2.10. The molecule has 0 saturated carbocycles. The Kier molecular flexibility index (Phi) is 1.35. The molecule has 0 saturated heterocycles. The van der Waals surface area contributed by atoms with Crippen LogP contribution in [0.3, 0.4) is 0 Å². The summed E-state index contributed by atoms with van der Waals surface area (Å²) in [7, 11) is 3.49. The van der Waals surface area contributed by atoms with E-state index in [2.05, 4.69) is 15.4 Å². The van der Waals surface area contributed by atoms with E-state index in [1.54, 1.807) is 23.2 Å². The number of hydrogen-bond acceptors (Lipinski definition) is 3. The fraction of sp³-hybridized carbons (Fsp3) is 0.222. The molecule has 1 aromatic carbocycles. The molecule has 6 heteroatoms. The topological polar surface area (TPSA) is 68.5 Å². The maximum atomic E-state index is 11.7. The summed E-state index contributed by atoms with van der Waals surface area (Å²) in [6, 6.07) is 3.71. The summed E-state index contributed by atoms with van der Waals surface area (Å²) < 4.78 is 3.20. The highest BCUT2D eigenvalue weighted by molar-refractivity contribution is 5.91. The van der Waals surface area contributed by atoms with Crippen molar-refractivity contribution < 1.29 is 0 Å². The Labute approximate surface area is 84.1 Å². The van der Waals surface area contributed by atoms with Crippen molar-refractivity contribution in [3.05, 3.63) is 22.6 Å². The monoisotopic (exact) mass is 203 g/mol. The van der Waals surface area contributed by atoms with Crippen LogP contribution in [-0.2, 0) is 14.1 Å². The van der Waals surface area contributed by atoms with E-state index in [0.29, 0.717) is 0 Å². The van der Waals surface area contributed by atoms with Crippen LogP contribution in [0.15, 0.2) is 16.9 Å². The lowest BCUT2D eigenvalue weighted by molar-refractivity contribution is 0.795. The summed E-state index contributed by atoms with van der Waals surface area (Å²) >= 11 is 0. The minimum atomic E-state index is -0.0402. The van der Waals surface area contributed by atoms with Crippen molar-refractivity contribution in [1.29, 1.82) is 0 Å². The fourth-order valence-corrected chi connectivity index (χ4v) is 1.83. The molecule has 1 N–H and O–H groups in total. The molecule has 0 fully saturated rings. The van der Waals surface area contributed by atoms with E-state index in [1.165, 1.54) is 0 Å². The summed E-state index contributed by atoms with van der Waals surface area (Å²) in [6.45, 7) is 0. The number of fused-ring (bicyclic) bond motifs is 2. The third kappa shape index (κ3) is 0.903. The van der Waals surface area contributed by atoms with Crippen LogP contribution in [0.4, 0.5) is 0 Å². The summed E-state index contributed by atoms with van der Waals surface area (Å²) in [5.41, 5.74) is 3.22. The number of H-pyrrole nitrogens is 1. The molecule has 0 atom stereocenters. The Morgan fingerprint density at radius 1 is 1.07 bits per heavy atom. The number of hydrogen-bond donors (Lipinski definition) is 1. The highest BCUT2D eigenvalue weighted by Crippen LogP contribution is 2.17. The van der Waals surface area contributed by atoms with Crippen molar-refractivity contribution in [2.24, 2.45) is 14.1 Å². The molecule has 76 valence electrons. The maximum absolute atomic E-state index is 11.7. The Hall–Kier alpha value is -2.11. The molecule has 0 radical (unpaired) electrons. The predicted octanol–water partition coefficient (Wildman–Crippen LogP) is 0.148. The number of nitrogens with zero attached hydrogens (tertiary/aromatic N) is 4. The van der Waals surface area contributed by atoms with Gasteiger partial charge in [0.25, 0.3) is 0 Å². The minimum Gasteiger partial charge on any atom is -0.295 e. The second-order valence-corrected chi connectivity index (χ2v) is 3.55. The highest BCUT2D eigenvalue weighted by atomic mass is 16.1. The maximum Gasteiger partial charge on any atom is 0.328 e. The lowest BCUT2D eigenvalue weighted by Gasteiger charge is -1.93. The van der Waals surface area contributed by atoms with Gasteiger partial charge in [-0.2, -0.15) is 15.4 Å². The van der Waals surface area contributed by atoms with Gasteiger partial charge >= 0.3 is 5.69 Å². The molecule has 2 heterocycles. The van der Waals surface area contributed by atoms with Gasteiger partial charge in [-0.15, -0.1) is 0 Å². The number of aromatic nitrogens is 5. The average Bonchev–Trinajstić information content (AvgIpc) is 2.77. The number of imidazole rings is 1. The van der Waals surface area contributed by atoms with Crippen LogP contribution in [0.2, 0.25) is 0 Å². The standard InChI is InChI=1S/C9H9N5O/c1-13-7-3-5-6(11-12-10-5)4-8(7)14(2)9(13)15/h3-4H,1-2H3,(H,10,11,12). The first-order valence-corrected chi connectivity index (χ1v) is 4.54. The van der Waals surface area contributed by atoms with Crippen molar-refractivity contribution in [2.45, 2.75) is 0 Å². The van der Waals surface area contributed by atoms with Gasteiger partial charge in [0.2, 0.25) is 0 Å². The molecule has 0 aliphatic rings. The van der Waals surface area contributed by atoms with Crippen LogP contribution < -0.4 is 5.69 Å². The molecule has 0 amide bonds. The van der Waals surface area contributed by atoms with E-state index in [9.17, 15) is 4.79 Å². The van der Waals surface area contributed by atoms with E-state index < -0.39 is 0 Å². The molecule has 2 aromatic heterocycles. The molecule has 15 heavy (non-hydrogen) atoms. The van der Waals surface area contributed by atoms with Gasteiger partial charge < -0.3 is 0 Å². The summed E-state index contributed by atoms with van der Waals surface area (Å²) in [5, 5.41) is 10.5. The Balaban J connectivity index is 2.65. The van der Waals surface area contributed by atoms with E-state index in [1.807, 2.05) is 12.1 Å². The third-order valence-corrected chi connectivity index (χ3v) is 2.71. The van der Waals surface area contributed by atoms with Crippen LogP contribution in [-0.4, -0.2) is 24.5 Å². The lowest BCUT2D eigenvalue weighted by atomic mass is 10.2. The molecule has 6 nitrogen and oxygen atoms in total. The van der Waals surface area contributed by atoms with Crippen LogP contribution in [0.5, 0.6) is 0 Å². The summed E-state index contributed by atoms with van der Waals surface area (Å²) in [4.78, 5) is 11.7. The Morgan fingerprint density at radius 3 is 2.00 bits per heavy atom. The van der Waals surface area contributed by atoms with Crippen molar-refractivity contribution >= 4 is 22.1 Å². The predicted molar refractivity (Wildman–Crippen MR) is 55.6 cm³/mol. The van der Waals surface area contributed by atoms with E-state index >= 15 is 0 Å². The summed E-state index contributed by atoms with van der Waals surface area (Å²) in [5.74, 6) is 0. The quantitative estimate of drug-likeness (QED) is 0.565. The summed E-state index contributed by atoms with van der Waals surface area (Å²) in [6.07, 6.45) is 0. The number of aryl methyl sites for hydroxylation is 2. The smallest absolute Gasteiger partial charge is 0.295 e. The molecule has 3 rings (SSSR count).